The van der Waals surface area contributed by atoms with E-state index < -0.39 is 28.1 Å². The van der Waals surface area contributed by atoms with Gasteiger partial charge in [0.2, 0.25) is 0 Å². The number of rotatable bonds is 0. The van der Waals surface area contributed by atoms with Gasteiger partial charge in [0.15, 0.2) is 0 Å². The maximum absolute atomic E-state index is 4.97. The van der Waals surface area contributed by atoms with Gasteiger partial charge in [-0.15, -0.1) is 0 Å². The summed E-state index contributed by atoms with van der Waals surface area (Å²) in [5.74, 6) is 0. The van der Waals surface area contributed by atoms with Crippen LogP contribution in [0.25, 0.3) is 0 Å². The Hall–Kier alpha value is 1.80. The van der Waals surface area contributed by atoms with E-state index in [0.717, 1.165) is 0 Å². The molecule has 0 bridgehead atoms. The number of hydrogen-bond donors (Lipinski definition) is 0. The molecule has 102 valence electrons. The van der Waals surface area contributed by atoms with Gasteiger partial charge in [-0.1, -0.05) is 0 Å². The Kier molecular flexibility index (Phi) is 925. The van der Waals surface area contributed by atoms with E-state index in [4.69, 9.17) is 18.7 Å². The fourth-order valence-electron chi connectivity index (χ4n) is 0. The van der Waals surface area contributed by atoms with E-state index >= 15 is 0 Å². The third-order valence-electron chi connectivity index (χ3n) is 0. The molecule has 0 atom stereocenters. The second-order valence-electron chi connectivity index (χ2n) is 0.143. The summed E-state index contributed by atoms with van der Waals surface area (Å²) in [5.41, 5.74) is 0. The fraction of sp³-hybridized carbons (Fsp3) is 0. The topological polar surface area (TPSA) is 284 Å². The summed E-state index contributed by atoms with van der Waals surface area (Å²) >= 11 is -1.92. The summed E-state index contributed by atoms with van der Waals surface area (Å²) in [6.07, 6.45) is 14.9. The number of halogens is 3. The van der Waals surface area contributed by atoms with Gasteiger partial charge >= 0.3 is 46.8 Å². The Balaban J connectivity index is -0.00000000125. The van der Waals surface area contributed by atoms with Gasteiger partial charge in [0.05, 0.1) is 0 Å². The number of hydrogen-bond acceptors (Lipinski definition) is 0. The fourth-order valence-corrected chi connectivity index (χ4v) is 0. The van der Waals surface area contributed by atoms with Crippen molar-refractivity contribution in [3.63, 3.8) is 0 Å². The molecule has 0 aromatic rings. The Morgan fingerprint density at radius 2 is 0.385 bits per heavy atom. The van der Waals surface area contributed by atoms with Crippen molar-refractivity contribution in [2.24, 2.45) is 0 Å². The average Bonchev–Trinajstić information content (AvgIpc) is 0.811. The summed E-state index contributed by atoms with van der Waals surface area (Å²) in [4.78, 5) is 0. The van der Waals surface area contributed by atoms with Crippen molar-refractivity contribution in [1.82, 2.24) is 0 Å². The minimum absolute atomic E-state index is 0. The van der Waals surface area contributed by atoms with Crippen molar-refractivity contribution < 1.29 is 77.4 Å². The van der Waals surface area contributed by atoms with Crippen LogP contribution in [0.15, 0.2) is 0 Å². The molecule has 0 rings (SSSR count). The molecule has 13 heteroatoms. The van der Waals surface area contributed by atoms with Gasteiger partial charge in [0.1, 0.15) is 0 Å². The molecule has 0 aromatic heterocycles. The second-order valence-corrected chi connectivity index (χ2v) is 9.54. The molecule has 9 nitrogen and oxygen atoms in total. The quantitative estimate of drug-likeness (QED) is 0.350. The molecular weight excluding hydrogens is 409 g/mol. The van der Waals surface area contributed by atoms with E-state index in [2.05, 4.69) is 0 Å². The van der Waals surface area contributed by atoms with E-state index in [0.29, 0.717) is 0 Å². The van der Waals surface area contributed by atoms with Gasteiger partial charge in [-0.2, -0.15) is 0 Å². The predicted octanol–water partition coefficient (Wildman–Crippen LogP) is -5.35. The van der Waals surface area contributed by atoms with Gasteiger partial charge in [0, 0.05) is 0 Å². The summed E-state index contributed by atoms with van der Waals surface area (Å²) in [5, 5.41) is 0. The molecular formula is H18Cl3O9Tb. The normalized spacial score (nSPS) is 3.46. The van der Waals surface area contributed by atoms with Crippen molar-refractivity contribution in [2.45, 2.75) is 0 Å². The molecule has 0 heterocycles. The molecule has 0 aromatic carbocycles. The summed E-state index contributed by atoms with van der Waals surface area (Å²) in [7, 11) is 0. The summed E-state index contributed by atoms with van der Waals surface area (Å²) < 4.78 is 0. The van der Waals surface area contributed by atoms with E-state index in [9.17, 15) is 0 Å². The molecule has 18 N–H and O–H groups in total. The summed E-state index contributed by atoms with van der Waals surface area (Å²) in [6, 6.07) is 0. The SMILES string of the molecule is O.O.O.O.O.O.O.O.O.[Cl][Tb]([Cl])[Cl]. The van der Waals surface area contributed by atoms with Crippen LogP contribution in [0.3, 0.4) is 0 Å². The molecule has 0 saturated heterocycles. The van der Waals surface area contributed by atoms with E-state index in [1.165, 1.54) is 0 Å². The van der Waals surface area contributed by atoms with Crippen LogP contribution in [0.2, 0.25) is 0 Å². The molecule has 0 aliphatic heterocycles. The second kappa shape index (κ2) is 98.2. The molecule has 13 heavy (non-hydrogen) atoms. The Morgan fingerprint density at radius 3 is 0.385 bits per heavy atom. The molecule has 0 fully saturated rings. The zero-order valence-electron chi connectivity index (χ0n) is 5.97. The van der Waals surface area contributed by atoms with Crippen LogP contribution in [0.5, 0.6) is 0 Å². The van der Waals surface area contributed by atoms with Crippen molar-refractivity contribution in [3.8, 4) is 0 Å². The van der Waals surface area contributed by atoms with Crippen LogP contribution in [-0.4, -0.2) is 49.3 Å². The molecule has 0 radical (unpaired) electrons. The zero-order valence-corrected chi connectivity index (χ0v) is 10.4. The van der Waals surface area contributed by atoms with E-state index in [1.807, 2.05) is 0 Å². The van der Waals surface area contributed by atoms with Gasteiger partial charge in [0.25, 0.3) is 0 Å². The van der Waals surface area contributed by atoms with Crippen molar-refractivity contribution >= 4 is 18.7 Å². The monoisotopic (exact) mass is 426 g/mol. The standard InChI is InChI=1S/3ClH.9H2O.Tb/h3*1H;9*1H2;/q;;;;;;;;;;;;+3/p-3. The van der Waals surface area contributed by atoms with Crippen molar-refractivity contribution in [1.29, 1.82) is 0 Å². The molecule has 0 aliphatic rings. The van der Waals surface area contributed by atoms with E-state index in [1.54, 1.807) is 0 Å². The average molecular weight is 427 g/mol. The van der Waals surface area contributed by atoms with Gasteiger partial charge in [-0.05, 0) is 0 Å². The van der Waals surface area contributed by atoms with Crippen LogP contribution in [0.4, 0.5) is 0 Å². The summed E-state index contributed by atoms with van der Waals surface area (Å²) in [6.45, 7) is 0. The third kappa shape index (κ3) is 595. The Labute approximate surface area is 95.0 Å². The van der Waals surface area contributed by atoms with Crippen molar-refractivity contribution in [3.05, 3.63) is 0 Å². The van der Waals surface area contributed by atoms with Crippen LogP contribution in [-0.2, 0) is 0 Å². The van der Waals surface area contributed by atoms with Crippen LogP contribution >= 0.6 is 18.7 Å². The van der Waals surface area contributed by atoms with Crippen molar-refractivity contribution in [2.75, 3.05) is 0 Å². The van der Waals surface area contributed by atoms with Gasteiger partial charge < -0.3 is 49.3 Å². The molecule has 0 amide bonds. The third-order valence-corrected chi connectivity index (χ3v) is 0. The molecule has 0 spiro atoms. The molecule has 0 unspecified atom stereocenters. The first kappa shape index (κ1) is 122. The minimum atomic E-state index is -1.92. The van der Waals surface area contributed by atoms with Crippen LogP contribution < -0.4 is 0 Å². The Bertz CT molecular complexity index is 19.6. The molecule has 0 saturated carbocycles. The van der Waals surface area contributed by atoms with Gasteiger partial charge in [-0.3, -0.25) is 0 Å². The Morgan fingerprint density at radius 1 is 0.385 bits per heavy atom. The van der Waals surface area contributed by atoms with E-state index in [-0.39, 0.29) is 49.3 Å². The zero-order chi connectivity index (χ0) is 3.58. The first-order chi connectivity index (χ1) is 1.73. The first-order valence-electron chi connectivity index (χ1n) is 0.378. The predicted molar refractivity (Wildman–Crippen MR) is 50.1 cm³/mol. The van der Waals surface area contributed by atoms with Gasteiger partial charge in [-0.25, -0.2) is 0 Å². The van der Waals surface area contributed by atoms with Crippen LogP contribution in [0, 0.1) is 28.1 Å². The van der Waals surface area contributed by atoms with Crippen LogP contribution in [0.1, 0.15) is 0 Å². The maximum atomic E-state index is 4.97. The molecule has 0 aliphatic carbocycles. The first-order valence-corrected chi connectivity index (χ1v) is 8.41.